The Morgan fingerprint density at radius 1 is 1.05 bits per heavy atom. The van der Waals surface area contributed by atoms with Crippen molar-refractivity contribution in [1.82, 2.24) is 4.90 Å². The summed E-state index contributed by atoms with van der Waals surface area (Å²) in [6, 6.07) is 17.2. The summed E-state index contributed by atoms with van der Waals surface area (Å²) in [4.78, 5) is 39.5. The summed E-state index contributed by atoms with van der Waals surface area (Å²) in [5.74, 6) is -0.186. The van der Waals surface area contributed by atoms with Crippen molar-refractivity contribution < 1.29 is 23.8 Å². The van der Waals surface area contributed by atoms with Gasteiger partial charge in [-0.15, -0.1) is 0 Å². The third-order valence-electron chi connectivity index (χ3n) is 6.37. The van der Waals surface area contributed by atoms with Gasteiger partial charge in [-0.1, -0.05) is 12.1 Å². The van der Waals surface area contributed by atoms with Crippen LogP contribution in [0.15, 0.2) is 60.7 Å². The lowest BCUT2D eigenvalue weighted by Gasteiger charge is -2.20. The molecule has 0 fully saturated rings. The first-order chi connectivity index (χ1) is 17.8. The molecule has 190 valence electrons. The number of nitrogens with zero attached hydrogens (tertiary/aromatic N) is 2. The summed E-state index contributed by atoms with van der Waals surface area (Å²) in [5.41, 5.74) is 4.98. The highest BCUT2D eigenvalue weighted by molar-refractivity contribution is 6.37. The summed E-state index contributed by atoms with van der Waals surface area (Å²) in [6.07, 6.45) is 0.416. The van der Waals surface area contributed by atoms with E-state index in [2.05, 4.69) is 10.6 Å². The van der Waals surface area contributed by atoms with Crippen LogP contribution in [0, 0.1) is 5.82 Å². The number of halogens is 1. The van der Waals surface area contributed by atoms with Gasteiger partial charge in [-0.05, 0) is 62.6 Å². The Morgan fingerprint density at radius 2 is 1.84 bits per heavy atom. The fourth-order valence-electron chi connectivity index (χ4n) is 4.28. The second-order valence-electron chi connectivity index (χ2n) is 9.24. The van der Waals surface area contributed by atoms with E-state index < -0.39 is 5.82 Å². The maximum absolute atomic E-state index is 13.8. The van der Waals surface area contributed by atoms with E-state index in [0.29, 0.717) is 59.1 Å². The first-order valence-corrected chi connectivity index (χ1v) is 11.9. The van der Waals surface area contributed by atoms with Crippen molar-refractivity contribution in [2.45, 2.75) is 13.0 Å². The van der Waals surface area contributed by atoms with Crippen LogP contribution in [-0.2, 0) is 21.1 Å². The minimum absolute atomic E-state index is 0.0176. The second-order valence-corrected chi connectivity index (χ2v) is 9.24. The number of amides is 2. The molecular formula is C28H27FN4O4. The van der Waals surface area contributed by atoms with E-state index in [9.17, 15) is 14.0 Å². The fraction of sp³-hybridized carbons (Fsp3) is 0.214. The third-order valence-corrected chi connectivity index (χ3v) is 6.37. The fourth-order valence-corrected chi connectivity index (χ4v) is 4.28. The molecule has 0 aromatic heterocycles. The van der Waals surface area contributed by atoms with Gasteiger partial charge >= 0.3 is 0 Å². The smallest absolute Gasteiger partial charge is 0.258 e. The molecule has 0 spiro atoms. The molecule has 0 radical (unpaired) electrons. The first kappa shape index (κ1) is 24.5. The molecule has 2 amide bonds. The van der Waals surface area contributed by atoms with E-state index in [0.717, 1.165) is 11.3 Å². The molecule has 0 bridgehead atoms. The van der Waals surface area contributed by atoms with Crippen LogP contribution in [0.5, 0.6) is 5.75 Å². The highest BCUT2D eigenvalue weighted by Gasteiger charge is 2.29. The van der Waals surface area contributed by atoms with Gasteiger partial charge in [0.15, 0.2) is 5.75 Å². The van der Waals surface area contributed by atoms with Crippen LogP contribution in [0.3, 0.4) is 0 Å². The second kappa shape index (κ2) is 10.0. The summed E-state index contributed by atoms with van der Waals surface area (Å²) < 4.78 is 13.8. The molecule has 2 N–H and O–H groups in total. The molecule has 3 aromatic rings. The van der Waals surface area contributed by atoms with E-state index >= 15 is 0 Å². The van der Waals surface area contributed by atoms with Crippen LogP contribution in [0.1, 0.15) is 23.1 Å². The third kappa shape index (κ3) is 5.04. The largest absolute Gasteiger partial charge is 0.354 e. The molecule has 0 saturated carbocycles. The summed E-state index contributed by atoms with van der Waals surface area (Å²) in [6.45, 7) is 1.02. The van der Waals surface area contributed by atoms with Gasteiger partial charge in [0.1, 0.15) is 12.4 Å². The Morgan fingerprint density at radius 3 is 2.59 bits per heavy atom. The standard InChI is InChI=1S/C28H27FN4O4/c1-32(2)13-12-25(34)33(3)21-9-7-20(8-10-21)30-27(17-4-5-18-16-36-37-24(18)14-17)26-22-11-6-19(29)15-23(22)31-28(26)35/h4-11,14-15,30H,12-13,16H2,1-3H3,(H,31,35)/b27-26-. The Labute approximate surface area is 214 Å². The lowest BCUT2D eigenvalue weighted by atomic mass is 9.99. The lowest BCUT2D eigenvalue weighted by Crippen LogP contribution is -2.29. The van der Waals surface area contributed by atoms with Crippen molar-refractivity contribution in [2.75, 3.05) is 43.2 Å². The van der Waals surface area contributed by atoms with Crippen LogP contribution in [-0.4, -0.2) is 44.4 Å². The summed E-state index contributed by atoms with van der Waals surface area (Å²) in [5, 5.41) is 6.12. The average molecular weight is 503 g/mol. The van der Waals surface area contributed by atoms with Crippen LogP contribution < -0.4 is 20.4 Å². The number of benzene rings is 3. The number of carbonyl (C=O) groups is 2. The van der Waals surface area contributed by atoms with E-state index in [4.69, 9.17) is 9.78 Å². The normalized spacial score (nSPS) is 15.1. The maximum Gasteiger partial charge on any atom is 0.258 e. The van der Waals surface area contributed by atoms with Crippen molar-refractivity contribution in [1.29, 1.82) is 0 Å². The van der Waals surface area contributed by atoms with E-state index in [-0.39, 0.29) is 11.8 Å². The van der Waals surface area contributed by atoms with Gasteiger partial charge in [0.25, 0.3) is 5.91 Å². The van der Waals surface area contributed by atoms with Crippen molar-refractivity contribution in [3.8, 4) is 5.75 Å². The molecule has 2 heterocycles. The topological polar surface area (TPSA) is 83.1 Å². The zero-order valence-electron chi connectivity index (χ0n) is 20.8. The molecule has 2 aliphatic rings. The first-order valence-electron chi connectivity index (χ1n) is 11.9. The highest BCUT2D eigenvalue weighted by atomic mass is 19.1. The Balaban J connectivity index is 1.49. The van der Waals surface area contributed by atoms with Gasteiger partial charge in [0, 0.05) is 48.1 Å². The van der Waals surface area contributed by atoms with Crippen LogP contribution in [0.2, 0.25) is 0 Å². The van der Waals surface area contributed by atoms with Crippen LogP contribution >= 0.6 is 0 Å². The average Bonchev–Trinajstić information content (AvgIpc) is 3.48. The van der Waals surface area contributed by atoms with Crippen molar-refractivity contribution in [3.05, 3.63) is 83.2 Å². The molecular weight excluding hydrogens is 475 g/mol. The maximum atomic E-state index is 13.8. The van der Waals surface area contributed by atoms with E-state index in [1.54, 1.807) is 24.1 Å². The number of fused-ring (bicyclic) bond motifs is 2. The highest BCUT2D eigenvalue weighted by Crippen LogP contribution is 2.39. The van der Waals surface area contributed by atoms with Gasteiger partial charge in [0.2, 0.25) is 5.91 Å². The number of rotatable bonds is 7. The van der Waals surface area contributed by atoms with Gasteiger partial charge in [-0.2, -0.15) is 4.89 Å². The van der Waals surface area contributed by atoms with E-state index in [1.165, 1.54) is 12.1 Å². The molecule has 0 saturated heterocycles. The predicted octanol–water partition coefficient (Wildman–Crippen LogP) is 4.50. The molecule has 0 atom stereocenters. The molecule has 8 nitrogen and oxygen atoms in total. The molecule has 37 heavy (non-hydrogen) atoms. The minimum atomic E-state index is -0.433. The molecule has 2 aliphatic heterocycles. The van der Waals surface area contributed by atoms with Gasteiger partial charge in [-0.25, -0.2) is 4.39 Å². The van der Waals surface area contributed by atoms with Crippen molar-refractivity contribution >= 4 is 40.1 Å². The summed E-state index contributed by atoms with van der Waals surface area (Å²) in [7, 11) is 5.61. The Bertz CT molecular complexity index is 1400. The SMILES string of the molecule is CN(C)CCC(=O)N(C)c1ccc(N/C(=C2\C(=O)Nc3cc(F)ccc32)c2ccc3c(c2)OOC3)cc1. The number of anilines is 3. The van der Waals surface area contributed by atoms with Crippen LogP contribution in [0.25, 0.3) is 11.3 Å². The Kier molecular flexibility index (Phi) is 6.64. The number of hydrogen-bond acceptors (Lipinski definition) is 6. The molecule has 0 unspecified atom stereocenters. The number of carbonyl (C=O) groups excluding carboxylic acids is 2. The zero-order chi connectivity index (χ0) is 26.1. The van der Waals surface area contributed by atoms with Crippen molar-refractivity contribution in [3.63, 3.8) is 0 Å². The quantitative estimate of drug-likeness (QED) is 0.366. The van der Waals surface area contributed by atoms with Gasteiger partial charge < -0.3 is 25.3 Å². The molecule has 5 rings (SSSR count). The van der Waals surface area contributed by atoms with Crippen LogP contribution in [0.4, 0.5) is 21.5 Å². The van der Waals surface area contributed by atoms with Crippen molar-refractivity contribution in [2.24, 2.45) is 0 Å². The summed E-state index contributed by atoms with van der Waals surface area (Å²) >= 11 is 0. The van der Waals surface area contributed by atoms with Gasteiger partial charge in [-0.3, -0.25) is 9.59 Å². The lowest BCUT2D eigenvalue weighted by molar-refractivity contribution is -0.194. The zero-order valence-corrected chi connectivity index (χ0v) is 20.8. The predicted molar refractivity (Wildman–Crippen MR) is 140 cm³/mol. The molecule has 0 aliphatic carbocycles. The number of nitrogens with one attached hydrogen (secondary N) is 2. The number of hydrogen-bond donors (Lipinski definition) is 2. The van der Waals surface area contributed by atoms with E-state index in [1.807, 2.05) is 55.4 Å². The molecule has 3 aromatic carbocycles. The molecule has 9 heteroatoms. The Hall–Kier alpha value is -4.21. The minimum Gasteiger partial charge on any atom is -0.354 e. The monoisotopic (exact) mass is 502 g/mol. The van der Waals surface area contributed by atoms with Gasteiger partial charge in [0.05, 0.1) is 17.0 Å².